The summed E-state index contributed by atoms with van der Waals surface area (Å²) in [6, 6.07) is 6.51. The fourth-order valence-corrected chi connectivity index (χ4v) is 2.47. The first-order valence-electron chi connectivity index (χ1n) is 4.75. The van der Waals surface area contributed by atoms with E-state index in [1.165, 1.54) is 11.5 Å². The molecule has 2 aromatic rings. The van der Waals surface area contributed by atoms with Crippen LogP contribution in [-0.2, 0) is 0 Å². The summed E-state index contributed by atoms with van der Waals surface area (Å²) in [5, 5.41) is 4.30. The summed E-state index contributed by atoms with van der Waals surface area (Å²) in [5.41, 5.74) is 1.29. The molecule has 0 saturated carbocycles. The molecule has 0 unspecified atom stereocenters. The van der Waals surface area contributed by atoms with Crippen LogP contribution in [0.5, 0.6) is 0 Å². The van der Waals surface area contributed by atoms with E-state index in [-0.39, 0.29) is 5.91 Å². The lowest BCUT2D eigenvalue weighted by Gasteiger charge is -2.03. The lowest BCUT2D eigenvalue weighted by atomic mass is 10.2. The molecule has 1 heterocycles. The van der Waals surface area contributed by atoms with Crippen molar-refractivity contribution >= 4 is 45.6 Å². The largest absolute Gasteiger partial charge is 0.312 e. The van der Waals surface area contributed by atoms with Gasteiger partial charge in [-0.05, 0) is 42.7 Å². The van der Waals surface area contributed by atoms with Crippen LogP contribution in [0.1, 0.15) is 16.1 Å². The minimum absolute atomic E-state index is 0.252. The number of nitrogens with one attached hydrogen (secondary N) is 1. The first kappa shape index (κ1) is 12.4. The van der Waals surface area contributed by atoms with E-state index in [9.17, 15) is 4.79 Å². The first-order valence-corrected chi connectivity index (χ1v) is 6.28. The van der Waals surface area contributed by atoms with Crippen LogP contribution in [0.2, 0.25) is 10.0 Å². The second-order valence-electron chi connectivity index (χ2n) is 3.44. The van der Waals surface area contributed by atoms with Gasteiger partial charge < -0.3 is 5.32 Å². The molecule has 1 amide bonds. The molecule has 1 N–H and O–H groups in total. The highest BCUT2D eigenvalue weighted by Crippen LogP contribution is 2.21. The van der Waals surface area contributed by atoms with Gasteiger partial charge in [-0.2, -0.15) is 4.37 Å². The molecule has 2 rings (SSSR count). The van der Waals surface area contributed by atoms with E-state index in [0.717, 1.165) is 5.69 Å². The standard InChI is InChI=1S/C11H8Cl2N2OS/c1-6-2-10(17-15-6)14-11(16)7-3-8(12)5-9(13)4-7/h2-5H,1H3,(H,14,16). The zero-order valence-electron chi connectivity index (χ0n) is 8.83. The number of rotatable bonds is 2. The van der Waals surface area contributed by atoms with Crippen molar-refractivity contribution in [2.75, 3.05) is 5.32 Å². The second-order valence-corrected chi connectivity index (χ2v) is 5.12. The number of aromatic nitrogens is 1. The Hall–Kier alpha value is -1.10. The monoisotopic (exact) mass is 286 g/mol. The van der Waals surface area contributed by atoms with Gasteiger partial charge in [-0.3, -0.25) is 4.79 Å². The average molecular weight is 287 g/mol. The van der Waals surface area contributed by atoms with E-state index in [0.29, 0.717) is 20.6 Å². The fourth-order valence-electron chi connectivity index (χ4n) is 1.29. The van der Waals surface area contributed by atoms with E-state index in [1.807, 2.05) is 6.92 Å². The Bertz CT molecular complexity index is 548. The van der Waals surface area contributed by atoms with Crippen LogP contribution >= 0.6 is 34.7 Å². The molecule has 0 radical (unpaired) electrons. The number of carbonyl (C=O) groups is 1. The van der Waals surface area contributed by atoms with Crippen LogP contribution in [0.4, 0.5) is 5.00 Å². The summed E-state index contributed by atoms with van der Waals surface area (Å²) in [4.78, 5) is 11.9. The molecule has 0 aliphatic rings. The van der Waals surface area contributed by atoms with Gasteiger partial charge in [-0.1, -0.05) is 23.2 Å². The van der Waals surface area contributed by atoms with Gasteiger partial charge in [0.1, 0.15) is 5.00 Å². The molecule has 17 heavy (non-hydrogen) atoms. The van der Waals surface area contributed by atoms with Crippen molar-refractivity contribution in [2.45, 2.75) is 6.92 Å². The Morgan fingerprint density at radius 3 is 2.41 bits per heavy atom. The van der Waals surface area contributed by atoms with Crippen molar-refractivity contribution in [3.8, 4) is 0 Å². The lowest BCUT2D eigenvalue weighted by molar-refractivity contribution is 0.102. The topological polar surface area (TPSA) is 42.0 Å². The van der Waals surface area contributed by atoms with E-state index in [1.54, 1.807) is 24.3 Å². The van der Waals surface area contributed by atoms with Crippen LogP contribution in [0.15, 0.2) is 24.3 Å². The van der Waals surface area contributed by atoms with Crippen molar-refractivity contribution < 1.29 is 4.79 Å². The smallest absolute Gasteiger partial charge is 0.256 e. The number of anilines is 1. The molecule has 0 bridgehead atoms. The molecule has 0 aliphatic heterocycles. The number of hydrogen-bond donors (Lipinski definition) is 1. The van der Waals surface area contributed by atoms with Crippen molar-refractivity contribution in [1.82, 2.24) is 4.37 Å². The van der Waals surface area contributed by atoms with Gasteiger partial charge in [0, 0.05) is 15.6 Å². The predicted octanol–water partition coefficient (Wildman–Crippen LogP) is 4.01. The van der Waals surface area contributed by atoms with Crippen LogP contribution < -0.4 is 5.32 Å². The van der Waals surface area contributed by atoms with E-state index in [2.05, 4.69) is 9.69 Å². The first-order chi connectivity index (χ1) is 8.04. The second kappa shape index (κ2) is 5.04. The van der Waals surface area contributed by atoms with Crippen molar-refractivity contribution in [3.63, 3.8) is 0 Å². The Kier molecular flexibility index (Phi) is 3.66. The summed E-state index contributed by atoms with van der Waals surface area (Å²) in [5.74, 6) is -0.252. The van der Waals surface area contributed by atoms with Crippen LogP contribution in [0, 0.1) is 6.92 Å². The third-order valence-electron chi connectivity index (χ3n) is 1.99. The Labute approximate surface area is 113 Å². The Balaban J connectivity index is 2.19. The lowest BCUT2D eigenvalue weighted by Crippen LogP contribution is -2.10. The van der Waals surface area contributed by atoms with Crippen molar-refractivity contribution in [3.05, 3.63) is 45.6 Å². The van der Waals surface area contributed by atoms with Gasteiger partial charge in [-0.15, -0.1) is 0 Å². The maximum absolute atomic E-state index is 11.9. The van der Waals surface area contributed by atoms with Gasteiger partial charge in [0.25, 0.3) is 5.91 Å². The van der Waals surface area contributed by atoms with Crippen LogP contribution in [-0.4, -0.2) is 10.3 Å². The van der Waals surface area contributed by atoms with E-state index < -0.39 is 0 Å². The predicted molar refractivity (Wildman–Crippen MR) is 71.3 cm³/mol. The number of benzene rings is 1. The minimum Gasteiger partial charge on any atom is -0.312 e. The van der Waals surface area contributed by atoms with Gasteiger partial charge in [-0.25, -0.2) is 0 Å². The minimum atomic E-state index is -0.252. The van der Waals surface area contributed by atoms with Crippen molar-refractivity contribution in [1.29, 1.82) is 0 Å². The third kappa shape index (κ3) is 3.19. The van der Waals surface area contributed by atoms with Gasteiger partial charge in [0.15, 0.2) is 0 Å². The summed E-state index contributed by atoms with van der Waals surface area (Å²) in [6.45, 7) is 1.86. The number of halogens is 2. The highest BCUT2D eigenvalue weighted by molar-refractivity contribution is 7.10. The van der Waals surface area contributed by atoms with Gasteiger partial charge in [0.2, 0.25) is 0 Å². The maximum atomic E-state index is 11.9. The summed E-state index contributed by atoms with van der Waals surface area (Å²) >= 11 is 12.9. The number of amides is 1. The molecule has 0 saturated heterocycles. The molecule has 88 valence electrons. The molecule has 0 atom stereocenters. The normalized spacial score (nSPS) is 10.3. The summed E-state index contributed by atoms with van der Waals surface area (Å²) in [7, 11) is 0. The molecule has 1 aromatic carbocycles. The molecular weight excluding hydrogens is 279 g/mol. The van der Waals surface area contributed by atoms with Crippen molar-refractivity contribution in [2.24, 2.45) is 0 Å². The van der Waals surface area contributed by atoms with Crippen LogP contribution in [0.25, 0.3) is 0 Å². The molecular formula is C11H8Cl2N2OS. The zero-order chi connectivity index (χ0) is 12.4. The molecule has 6 heteroatoms. The molecule has 0 spiro atoms. The molecule has 3 nitrogen and oxygen atoms in total. The fraction of sp³-hybridized carbons (Fsp3) is 0.0909. The zero-order valence-corrected chi connectivity index (χ0v) is 11.2. The van der Waals surface area contributed by atoms with Gasteiger partial charge >= 0.3 is 0 Å². The summed E-state index contributed by atoms with van der Waals surface area (Å²) < 4.78 is 4.07. The summed E-state index contributed by atoms with van der Waals surface area (Å²) in [6.07, 6.45) is 0. The number of aryl methyl sites for hydroxylation is 1. The number of nitrogens with zero attached hydrogens (tertiary/aromatic N) is 1. The third-order valence-corrected chi connectivity index (χ3v) is 3.22. The Morgan fingerprint density at radius 2 is 1.88 bits per heavy atom. The van der Waals surface area contributed by atoms with E-state index >= 15 is 0 Å². The average Bonchev–Trinajstić information content (AvgIpc) is 2.62. The van der Waals surface area contributed by atoms with Gasteiger partial charge in [0.05, 0.1) is 5.69 Å². The maximum Gasteiger partial charge on any atom is 0.256 e. The Morgan fingerprint density at radius 1 is 1.24 bits per heavy atom. The SMILES string of the molecule is Cc1cc(NC(=O)c2cc(Cl)cc(Cl)c2)sn1. The molecule has 0 aliphatic carbocycles. The molecule has 0 fully saturated rings. The number of carbonyl (C=O) groups excluding carboxylic acids is 1. The van der Waals surface area contributed by atoms with E-state index in [4.69, 9.17) is 23.2 Å². The highest BCUT2D eigenvalue weighted by Gasteiger charge is 2.09. The molecule has 1 aromatic heterocycles. The quantitative estimate of drug-likeness (QED) is 0.906. The number of hydrogen-bond acceptors (Lipinski definition) is 3. The highest BCUT2D eigenvalue weighted by atomic mass is 35.5. The van der Waals surface area contributed by atoms with Crippen LogP contribution in [0.3, 0.4) is 0 Å².